The van der Waals surface area contributed by atoms with Crippen molar-refractivity contribution in [1.82, 2.24) is 4.98 Å². The van der Waals surface area contributed by atoms with Crippen LogP contribution in [-0.2, 0) is 0 Å². The summed E-state index contributed by atoms with van der Waals surface area (Å²) in [7, 11) is 0. The van der Waals surface area contributed by atoms with E-state index in [2.05, 4.69) is 31.9 Å². The van der Waals surface area contributed by atoms with E-state index in [-0.39, 0.29) is 0 Å². The molecule has 1 saturated carbocycles. The average Bonchev–Trinajstić information content (AvgIpc) is 2.77. The predicted molar refractivity (Wildman–Crippen MR) is 65.0 cm³/mol. The molecule has 0 aromatic carbocycles. The van der Waals surface area contributed by atoms with E-state index >= 15 is 0 Å². The Labute approximate surface area is 98.8 Å². The molecule has 2 aliphatic rings. The first kappa shape index (κ1) is 9.64. The SMILES string of the molecule is Brc1cncc(N2CCC3CCCC32)c1. The maximum absolute atomic E-state index is 4.25. The van der Waals surface area contributed by atoms with Crippen molar-refractivity contribution in [1.29, 1.82) is 0 Å². The van der Waals surface area contributed by atoms with E-state index in [4.69, 9.17) is 0 Å². The fourth-order valence-electron chi connectivity index (χ4n) is 3.11. The molecule has 15 heavy (non-hydrogen) atoms. The topological polar surface area (TPSA) is 16.1 Å². The Bertz CT molecular complexity index is 366. The zero-order valence-corrected chi connectivity index (χ0v) is 10.3. The minimum atomic E-state index is 0.793. The lowest BCUT2D eigenvalue weighted by atomic mass is 10.0. The van der Waals surface area contributed by atoms with Gasteiger partial charge in [-0.1, -0.05) is 6.42 Å². The molecule has 1 aromatic heterocycles. The third kappa shape index (κ3) is 1.67. The first-order valence-corrected chi connectivity index (χ1v) is 6.51. The van der Waals surface area contributed by atoms with Crippen LogP contribution in [0.4, 0.5) is 5.69 Å². The van der Waals surface area contributed by atoms with E-state index in [1.54, 1.807) is 0 Å². The minimum Gasteiger partial charge on any atom is -0.367 e. The Morgan fingerprint density at radius 2 is 2.20 bits per heavy atom. The first-order valence-electron chi connectivity index (χ1n) is 5.72. The van der Waals surface area contributed by atoms with Crippen LogP contribution >= 0.6 is 15.9 Å². The maximum Gasteiger partial charge on any atom is 0.0566 e. The molecule has 1 aromatic rings. The second-order valence-electron chi connectivity index (χ2n) is 4.60. The Hall–Kier alpha value is -0.570. The van der Waals surface area contributed by atoms with Crippen LogP contribution in [0.1, 0.15) is 25.7 Å². The van der Waals surface area contributed by atoms with Crippen LogP contribution in [0.25, 0.3) is 0 Å². The second-order valence-corrected chi connectivity index (χ2v) is 5.52. The van der Waals surface area contributed by atoms with Gasteiger partial charge in [-0.25, -0.2) is 0 Å². The van der Waals surface area contributed by atoms with E-state index in [0.717, 1.165) is 16.4 Å². The molecule has 0 radical (unpaired) electrons. The van der Waals surface area contributed by atoms with Crippen LogP contribution in [0.2, 0.25) is 0 Å². The van der Waals surface area contributed by atoms with E-state index in [9.17, 15) is 0 Å². The number of halogens is 1. The lowest BCUT2D eigenvalue weighted by Crippen LogP contribution is -2.29. The predicted octanol–water partition coefficient (Wildman–Crippen LogP) is 3.22. The molecule has 0 spiro atoms. The number of fused-ring (bicyclic) bond motifs is 1. The zero-order chi connectivity index (χ0) is 10.3. The van der Waals surface area contributed by atoms with Gasteiger partial charge in [-0.2, -0.15) is 0 Å². The van der Waals surface area contributed by atoms with Gasteiger partial charge in [-0.05, 0) is 47.2 Å². The number of pyridine rings is 1. The van der Waals surface area contributed by atoms with E-state index in [1.807, 2.05) is 12.4 Å². The highest BCUT2D eigenvalue weighted by Crippen LogP contribution is 2.40. The summed E-state index contributed by atoms with van der Waals surface area (Å²) in [4.78, 5) is 6.81. The molecule has 80 valence electrons. The lowest BCUT2D eigenvalue weighted by Gasteiger charge is -2.25. The van der Waals surface area contributed by atoms with Crippen molar-refractivity contribution in [2.45, 2.75) is 31.7 Å². The summed E-state index contributed by atoms with van der Waals surface area (Å²) in [5.74, 6) is 0.948. The molecule has 1 aliphatic heterocycles. The molecule has 2 heterocycles. The molecule has 0 N–H and O–H groups in total. The smallest absolute Gasteiger partial charge is 0.0566 e. The van der Waals surface area contributed by atoms with Crippen molar-refractivity contribution in [2.24, 2.45) is 5.92 Å². The van der Waals surface area contributed by atoms with E-state index < -0.39 is 0 Å². The molecular formula is C12H15BrN2. The van der Waals surface area contributed by atoms with Gasteiger partial charge < -0.3 is 4.90 Å². The Kier molecular flexibility index (Phi) is 2.43. The minimum absolute atomic E-state index is 0.793. The number of nitrogens with zero attached hydrogens (tertiary/aromatic N) is 2. The molecule has 0 bridgehead atoms. The van der Waals surface area contributed by atoms with Gasteiger partial charge in [-0.3, -0.25) is 4.98 Å². The van der Waals surface area contributed by atoms with Crippen molar-refractivity contribution in [3.05, 3.63) is 22.9 Å². The molecule has 2 unspecified atom stereocenters. The largest absolute Gasteiger partial charge is 0.367 e. The van der Waals surface area contributed by atoms with Crippen molar-refractivity contribution >= 4 is 21.6 Å². The summed E-state index contributed by atoms with van der Waals surface area (Å²) in [5, 5.41) is 0. The highest BCUT2D eigenvalue weighted by Gasteiger charge is 2.37. The number of rotatable bonds is 1. The molecule has 3 heteroatoms. The summed E-state index contributed by atoms with van der Waals surface area (Å²) in [6.07, 6.45) is 9.43. The summed E-state index contributed by atoms with van der Waals surface area (Å²) in [5.41, 5.74) is 1.29. The number of aromatic nitrogens is 1. The molecule has 0 amide bonds. The van der Waals surface area contributed by atoms with Gasteiger partial charge in [0.15, 0.2) is 0 Å². The molecule has 2 nitrogen and oxygen atoms in total. The van der Waals surface area contributed by atoms with Gasteiger partial charge >= 0.3 is 0 Å². The van der Waals surface area contributed by atoms with Gasteiger partial charge in [-0.15, -0.1) is 0 Å². The summed E-state index contributed by atoms with van der Waals surface area (Å²) >= 11 is 3.49. The fraction of sp³-hybridized carbons (Fsp3) is 0.583. The van der Waals surface area contributed by atoms with Gasteiger partial charge in [0.1, 0.15) is 0 Å². The third-order valence-corrected chi connectivity index (χ3v) is 4.22. The summed E-state index contributed by atoms with van der Waals surface area (Å²) < 4.78 is 1.08. The highest BCUT2D eigenvalue weighted by atomic mass is 79.9. The zero-order valence-electron chi connectivity index (χ0n) is 8.69. The van der Waals surface area contributed by atoms with E-state index in [0.29, 0.717) is 0 Å². The monoisotopic (exact) mass is 266 g/mol. The van der Waals surface area contributed by atoms with Gasteiger partial charge in [0.2, 0.25) is 0 Å². The number of hydrogen-bond acceptors (Lipinski definition) is 2. The molecule has 1 aliphatic carbocycles. The standard InChI is InChI=1S/C12H15BrN2/c13-10-6-11(8-14-7-10)15-5-4-9-2-1-3-12(9)15/h6-9,12H,1-5H2. The highest BCUT2D eigenvalue weighted by molar-refractivity contribution is 9.10. The van der Waals surface area contributed by atoms with Gasteiger partial charge in [0.25, 0.3) is 0 Å². The third-order valence-electron chi connectivity index (χ3n) is 3.78. The fourth-order valence-corrected chi connectivity index (χ4v) is 3.47. The molecule has 3 rings (SSSR count). The van der Waals surface area contributed by atoms with Crippen LogP contribution in [0, 0.1) is 5.92 Å². The Morgan fingerprint density at radius 3 is 3.07 bits per heavy atom. The van der Waals surface area contributed by atoms with Crippen molar-refractivity contribution in [3.63, 3.8) is 0 Å². The van der Waals surface area contributed by atoms with Gasteiger partial charge in [0.05, 0.1) is 11.9 Å². The molecule has 2 atom stereocenters. The van der Waals surface area contributed by atoms with Crippen molar-refractivity contribution < 1.29 is 0 Å². The van der Waals surface area contributed by atoms with Crippen LogP contribution in [0.3, 0.4) is 0 Å². The molecule has 2 fully saturated rings. The van der Waals surface area contributed by atoms with Crippen LogP contribution in [-0.4, -0.2) is 17.6 Å². The first-order chi connectivity index (χ1) is 7.34. The molecular weight excluding hydrogens is 252 g/mol. The van der Waals surface area contributed by atoms with Crippen molar-refractivity contribution in [3.8, 4) is 0 Å². The van der Waals surface area contributed by atoms with Crippen LogP contribution < -0.4 is 4.90 Å². The quantitative estimate of drug-likeness (QED) is 0.776. The Morgan fingerprint density at radius 1 is 1.27 bits per heavy atom. The van der Waals surface area contributed by atoms with Crippen LogP contribution in [0.15, 0.2) is 22.9 Å². The van der Waals surface area contributed by atoms with E-state index in [1.165, 1.54) is 37.9 Å². The summed E-state index contributed by atoms with van der Waals surface area (Å²) in [6.45, 7) is 1.22. The Balaban J connectivity index is 1.88. The van der Waals surface area contributed by atoms with Crippen LogP contribution in [0.5, 0.6) is 0 Å². The summed E-state index contributed by atoms with van der Waals surface area (Å²) in [6, 6.07) is 2.98. The normalized spacial score (nSPS) is 29.5. The molecule has 1 saturated heterocycles. The number of hydrogen-bond donors (Lipinski definition) is 0. The second kappa shape index (κ2) is 3.78. The van der Waals surface area contributed by atoms with Gasteiger partial charge in [0, 0.05) is 23.3 Å². The number of anilines is 1. The van der Waals surface area contributed by atoms with Crippen molar-refractivity contribution in [2.75, 3.05) is 11.4 Å². The average molecular weight is 267 g/mol. The lowest BCUT2D eigenvalue weighted by molar-refractivity contribution is 0.541. The maximum atomic E-state index is 4.25.